The number of rotatable bonds is 5. The number of nitrogens with zero attached hydrogens (tertiary/aromatic N) is 1. The standard InChI is InChI=1S/C12H18N2O/c1-3-4-9-15-14-10(2)11-7-5-6-8-12(11)13/h5-8H,3-4,9,13H2,1-2H3/b14-10+. The first-order valence-electron chi connectivity index (χ1n) is 5.27. The lowest BCUT2D eigenvalue weighted by molar-refractivity contribution is 0.141. The predicted octanol–water partition coefficient (Wildman–Crippen LogP) is 2.81. The molecular formula is C12H18N2O. The monoisotopic (exact) mass is 206 g/mol. The third kappa shape index (κ3) is 3.62. The van der Waals surface area contributed by atoms with Gasteiger partial charge in [0.15, 0.2) is 0 Å². The van der Waals surface area contributed by atoms with Crippen molar-refractivity contribution < 1.29 is 4.84 Å². The number of benzene rings is 1. The van der Waals surface area contributed by atoms with Crippen LogP contribution in [-0.2, 0) is 4.84 Å². The van der Waals surface area contributed by atoms with Crippen molar-refractivity contribution in [1.29, 1.82) is 0 Å². The molecule has 0 saturated heterocycles. The summed E-state index contributed by atoms with van der Waals surface area (Å²) in [6.45, 7) is 4.69. The Bertz CT molecular complexity index is 334. The van der Waals surface area contributed by atoms with Crippen LogP contribution in [0.2, 0.25) is 0 Å². The highest BCUT2D eigenvalue weighted by atomic mass is 16.6. The van der Waals surface area contributed by atoms with Gasteiger partial charge in [-0.15, -0.1) is 0 Å². The number of oxime groups is 1. The molecule has 0 amide bonds. The lowest BCUT2D eigenvalue weighted by atomic mass is 10.1. The molecule has 0 fully saturated rings. The molecule has 15 heavy (non-hydrogen) atoms. The van der Waals surface area contributed by atoms with Crippen LogP contribution in [0.25, 0.3) is 0 Å². The van der Waals surface area contributed by atoms with Gasteiger partial charge in [0, 0.05) is 11.3 Å². The van der Waals surface area contributed by atoms with Gasteiger partial charge in [0.1, 0.15) is 6.61 Å². The van der Waals surface area contributed by atoms with E-state index in [1.807, 2.05) is 31.2 Å². The fourth-order valence-corrected chi connectivity index (χ4v) is 1.23. The van der Waals surface area contributed by atoms with E-state index in [1.165, 1.54) is 0 Å². The molecule has 0 bridgehead atoms. The van der Waals surface area contributed by atoms with Crippen LogP contribution in [0.1, 0.15) is 32.3 Å². The molecule has 0 atom stereocenters. The maximum atomic E-state index is 5.82. The van der Waals surface area contributed by atoms with Crippen LogP contribution in [0.5, 0.6) is 0 Å². The summed E-state index contributed by atoms with van der Waals surface area (Å²) in [5.74, 6) is 0. The van der Waals surface area contributed by atoms with E-state index >= 15 is 0 Å². The Morgan fingerprint density at radius 3 is 2.80 bits per heavy atom. The smallest absolute Gasteiger partial charge is 0.117 e. The molecular weight excluding hydrogens is 188 g/mol. The second kappa shape index (κ2) is 6.06. The number of anilines is 1. The molecule has 2 N–H and O–H groups in total. The molecule has 0 aliphatic rings. The maximum Gasteiger partial charge on any atom is 0.117 e. The Morgan fingerprint density at radius 1 is 1.40 bits per heavy atom. The fourth-order valence-electron chi connectivity index (χ4n) is 1.23. The van der Waals surface area contributed by atoms with Crippen LogP contribution in [-0.4, -0.2) is 12.3 Å². The van der Waals surface area contributed by atoms with Gasteiger partial charge in [-0.05, 0) is 19.4 Å². The maximum absolute atomic E-state index is 5.82. The zero-order valence-corrected chi connectivity index (χ0v) is 9.36. The molecule has 82 valence electrons. The molecule has 0 aliphatic heterocycles. The molecule has 1 aromatic carbocycles. The Kier molecular flexibility index (Phi) is 4.68. The second-order valence-electron chi connectivity index (χ2n) is 3.45. The van der Waals surface area contributed by atoms with Crippen LogP contribution in [0.15, 0.2) is 29.4 Å². The summed E-state index contributed by atoms with van der Waals surface area (Å²) in [6.07, 6.45) is 2.14. The van der Waals surface area contributed by atoms with Gasteiger partial charge < -0.3 is 10.6 Å². The zero-order valence-electron chi connectivity index (χ0n) is 9.36. The third-order valence-electron chi connectivity index (χ3n) is 2.14. The van der Waals surface area contributed by atoms with Crippen molar-refractivity contribution in [3.8, 4) is 0 Å². The lowest BCUT2D eigenvalue weighted by Crippen LogP contribution is -2.01. The van der Waals surface area contributed by atoms with Crippen molar-refractivity contribution in [3.05, 3.63) is 29.8 Å². The molecule has 3 heteroatoms. The van der Waals surface area contributed by atoms with Crippen molar-refractivity contribution in [1.82, 2.24) is 0 Å². The topological polar surface area (TPSA) is 47.6 Å². The lowest BCUT2D eigenvalue weighted by Gasteiger charge is -2.04. The average Bonchev–Trinajstić information content (AvgIpc) is 2.25. The Hall–Kier alpha value is -1.51. The number of nitrogen functional groups attached to an aromatic ring is 1. The van der Waals surface area contributed by atoms with Crippen LogP contribution in [0, 0.1) is 0 Å². The number of para-hydroxylation sites is 1. The average molecular weight is 206 g/mol. The molecule has 0 unspecified atom stereocenters. The molecule has 3 nitrogen and oxygen atoms in total. The van der Waals surface area contributed by atoms with Crippen LogP contribution < -0.4 is 5.73 Å². The SMILES string of the molecule is CCCCO/N=C(\C)c1ccccc1N. The second-order valence-corrected chi connectivity index (χ2v) is 3.45. The number of hydrogen-bond acceptors (Lipinski definition) is 3. The summed E-state index contributed by atoms with van der Waals surface area (Å²) >= 11 is 0. The molecule has 0 heterocycles. The van der Waals surface area contributed by atoms with Gasteiger partial charge in [0.25, 0.3) is 0 Å². The van der Waals surface area contributed by atoms with E-state index in [4.69, 9.17) is 10.6 Å². The summed E-state index contributed by atoms with van der Waals surface area (Å²) in [4.78, 5) is 5.18. The third-order valence-corrected chi connectivity index (χ3v) is 2.14. The summed E-state index contributed by atoms with van der Waals surface area (Å²) in [5.41, 5.74) is 8.31. The van der Waals surface area contributed by atoms with Gasteiger partial charge in [0.2, 0.25) is 0 Å². The minimum Gasteiger partial charge on any atom is -0.398 e. The highest BCUT2D eigenvalue weighted by molar-refractivity contribution is 6.02. The summed E-state index contributed by atoms with van der Waals surface area (Å²) in [7, 11) is 0. The first-order chi connectivity index (χ1) is 7.25. The molecule has 0 spiro atoms. The Morgan fingerprint density at radius 2 is 2.13 bits per heavy atom. The van der Waals surface area contributed by atoms with Crippen molar-refractivity contribution in [2.75, 3.05) is 12.3 Å². The molecule has 0 aromatic heterocycles. The fraction of sp³-hybridized carbons (Fsp3) is 0.417. The van der Waals surface area contributed by atoms with Crippen LogP contribution >= 0.6 is 0 Å². The van der Waals surface area contributed by atoms with E-state index in [1.54, 1.807) is 0 Å². The van der Waals surface area contributed by atoms with Crippen molar-refractivity contribution >= 4 is 11.4 Å². The largest absolute Gasteiger partial charge is 0.398 e. The van der Waals surface area contributed by atoms with E-state index in [0.717, 1.165) is 29.8 Å². The van der Waals surface area contributed by atoms with Gasteiger partial charge >= 0.3 is 0 Å². The Balaban J connectivity index is 2.60. The van der Waals surface area contributed by atoms with Gasteiger partial charge in [-0.1, -0.05) is 36.7 Å². The first-order valence-corrected chi connectivity index (χ1v) is 5.27. The summed E-state index contributed by atoms with van der Waals surface area (Å²) in [5, 5.41) is 4.03. The summed E-state index contributed by atoms with van der Waals surface area (Å²) in [6, 6.07) is 7.65. The molecule has 1 rings (SSSR count). The summed E-state index contributed by atoms with van der Waals surface area (Å²) < 4.78 is 0. The number of hydrogen-bond donors (Lipinski definition) is 1. The van der Waals surface area contributed by atoms with E-state index in [9.17, 15) is 0 Å². The zero-order chi connectivity index (χ0) is 11.1. The highest BCUT2D eigenvalue weighted by Gasteiger charge is 2.01. The Labute approximate surface area is 90.9 Å². The normalized spacial score (nSPS) is 11.5. The van der Waals surface area contributed by atoms with Crippen LogP contribution in [0.3, 0.4) is 0 Å². The quantitative estimate of drug-likeness (QED) is 0.348. The van der Waals surface area contributed by atoms with Gasteiger partial charge in [-0.2, -0.15) is 0 Å². The number of unbranched alkanes of at least 4 members (excludes halogenated alkanes) is 1. The van der Waals surface area contributed by atoms with E-state index in [0.29, 0.717) is 6.61 Å². The predicted molar refractivity (Wildman–Crippen MR) is 63.9 cm³/mol. The van der Waals surface area contributed by atoms with E-state index < -0.39 is 0 Å². The number of nitrogens with two attached hydrogens (primary N) is 1. The minimum atomic E-state index is 0.667. The molecule has 1 aromatic rings. The minimum absolute atomic E-state index is 0.667. The van der Waals surface area contributed by atoms with E-state index in [-0.39, 0.29) is 0 Å². The molecule has 0 radical (unpaired) electrons. The first kappa shape index (κ1) is 11.6. The molecule has 0 aliphatic carbocycles. The van der Waals surface area contributed by atoms with Crippen molar-refractivity contribution in [2.45, 2.75) is 26.7 Å². The van der Waals surface area contributed by atoms with Crippen LogP contribution in [0.4, 0.5) is 5.69 Å². The van der Waals surface area contributed by atoms with Gasteiger partial charge in [-0.3, -0.25) is 0 Å². The van der Waals surface area contributed by atoms with E-state index in [2.05, 4.69) is 12.1 Å². The van der Waals surface area contributed by atoms with Gasteiger partial charge in [-0.25, -0.2) is 0 Å². The molecule has 0 saturated carbocycles. The van der Waals surface area contributed by atoms with Gasteiger partial charge in [0.05, 0.1) is 5.71 Å². The van der Waals surface area contributed by atoms with Crippen molar-refractivity contribution in [3.63, 3.8) is 0 Å². The highest BCUT2D eigenvalue weighted by Crippen LogP contribution is 2.11. The van der Waals surface area contributed by atoms with Crippen molar-refractivity contribution in [2.24, 2.45) is 5.16 Å².